The minimum atomic E-state index is -3.11. The van der Waals surface area contributed by atoms with E-state index in [9.17, 15) is 13.2 Å². The molecule has 0 saturated carbocycles. The third kappa shape index (κ3) is 3.65. The van der Waals surface area contributed by atoms with Gasteiger partial charge in [0.1, 0.15) is 11.9 Å². The first-order valence-electron chi connectivity index (χ1n) is 7.15. The van der Waals surface area contributed by atoms with Gasteiger partial charge in [-0.15, -0.1) is 0 Å². The number of aromatic nitrogens is 1. The van der Waals surface area contributed by atoms with Crippen LogP contribution in [0.2, 0.25) is 0 Å². The molecule has 118 valence electrons. The maximum atomic E-state index is 11.8. The van der Waals surface area contributed by atoms with Crippen LogP contribution in [0.1, 0.15) is 25.5 Å². The summed E-state index contributed by atoms with van der Waals surface area (Å²) in [5.74, 6) is 0.694. The molecule has 6 nitrogen and oxygen atoms in total. The number of hydrogen-bond donors (Lipinski definition) is 0. The van der Waals surface area contributed by atoms with Gasteiger partial charge in [-0.05, 0) is 32.8 Å². The van der Waals surface area contributed by atoms with E-state index < -0.39 is 10.0 Å². The zero-order chi connectivity index (χ0) is 15.6. The van der Waals surface area contributed by atoms with Gasteiger partial charge in [-0.25, -0.2) is 12.7 Å². The minimum Gasteiger partial charge on any atom is -0.490 e. The lowest BCUT2D eigenvalue weighted by molar-refractivity contribution is 0.134. The number of nitrogens with zero attached hydrogens (tertiary/aromatic N) is 2. The molecule has 0 aromatic carbocycles. The Labute approximate surface area is 125 Å². The molecular formula is C14H22N2O4S. The van der Waals surface area contributed by atoms with Crippen LogP contribution in [0, 0.1) is 6.92 Å². The fourth-order valence-corrected chi connectivity index (χ4v) is 3.54. The summed E-state index contributed by atoms with van der Waals surface area (Å²) in [6.45, 7) is 4.46. The third-order valence-electron chi connectivity index (χ3n) is 3.94. The second kappa shape index (κ2) is 6.19. The Kier molecular flexibility index (Phi) is 4.73. The van der Waals surface area contributed by atoms with Crippen LogP contribution in [-0.2, 0) is 17.1 Å². The molecule has 0 bridgehead atoms. The summed E-state index contributed by atoms with van der Waals surface area (Å²) in [5, 5.41) is 0. The van der Waals surface area contributed by atoms with Crippen LogP contribution in [0.5, 0.6) is 5.75 Å². The van der Waals surface area contributed by atoms with Gasteiger partial charge >= 0.3 is 0 Å². The van der Waals surface area contributed by atoms with E-state index in [0.29, 0.717) is 31.7 Å². The molecule has 0 amide bonds. The zero-order valence-electron chi connectivity index (χ0n) is 12.7. The quantitative estimate of drug-likeness (QED) is 0.827. The maximum absolute atomic E-state index is 11.8. The van der Waals surface area contributed by atoms with E-state index in [0.717, 1.165) is 5.69 Å². The average molecular weight is 314 g/mol. The topological polar surface area (TPSA) is 68.6 Å². The highest BCUT2D eigenvalue weighted by atomic mass is 32.2. The van der Waals surface area contributed by atoms with E-state index in [2.05, 4.69) is 0 Å². The van der Waals surface area contributed by atoms with Crippen molar-refractivity contribution in [3.8, 4) is 5.75 Å². The predicted octanol–water partition coefficient (Wildman–Crippen LogP) is 0.887. The van der Waals surface area contributed by atoms with E-state index in [1.54, 1.807) is 18.5 Å². The predicted molar refractivity (Wildman–Crippen MR) is 81.1 cm³/mol. The molecule has 0 unspecified atom stereocenters. The van der Waals surface area contributed by atoms with Crippen LogP contribution in [0.4, 0.5) is 0 Å². The zero-order valence-corrected chi connectivity index (χ0v) is 13.5. The molecule has 7 heteroatoms. The normalized spacial score (nSPS) is 17.9. The lowest BCUT2D eigenvalue weighted by atomic mass is 10.1. The molecule has 1 aromatic rings. The van der Waals surface area contributed by atoms with Gasteiger partial charge in [0, 0.05) is 31.9 Å². The lowest BCUT2D eigenvalue weighted by Crippen LogP contribution is -2.42. The summed E-state index contributed by atoms with van der Waals surface area (Å²) in [6.07, 6.45) is 1.25. The summed E-state index contributed by atoms with van der Waals surface area (Å²) in [4.78, 5) is 11.7. The average Bonchev–Trinajstić information content (AvgIpc) is 2.45. The SMILES string of the molecule is CCS(=O)(=O)N1CCC(Oc2cc(C)n(C)c(=O)c2)CC1. The van der Waals surface area contributed by atoms with Crippen molar-refractivity contribution < 1.29 is 13.2 Å². The lowest BCUT2D eigenvalue weighted by Gasteiger charge is -2.31. The second-order valence-electron chi connectivity index (χ2n) is 5.35. The van der Waals surface area contributed by atoms with Crippen molar-refractivity contribution in [3.05, 3.63) is 28.2 Å². The molecule has 1 aliphatic heterocycles. The summed E-state index contributed by atoms with van der Waals surface area (Å²) in [7, 11) is -1.39. The highest BCUT2D eigenvalue weighted by molar-refractivity contribution is 7.89. The molecule has 1 fully saturated rings. The van der Waals surface area contributed by atoms with Crippen LogP contribution >= 0.6 is 0 Å². The fraction of sp³-hybridized carbons (Fsp3) is 0.643. The van der Waals surface area contributed by atoms with Crippen LogP contribution in [-0.4, -0.2) is 42.2 Å². The largest absolute Gasteiger partial charge is 0.490 e. The van der Waals surface area contributed by atoms with Crippen molar-refractivity contribution in [2.75, 3.05) is 18.8 Å². The number of hydrogen-bond acceptors (Lipinski definition) is 4. The van der Waals surface area contributed by atoms with Gasteiger partial charge < -0.3 is 9.30 Å². The van der Waals surface area contributed by atoms with Crippen LogP contribution in [0.25, 0.3) is 0 Å². The fourth-order valence-electron chi connectivity index (χ4n) is 2.41. The standard InChI is InChI=1S/C14H22N2O4S/c1-4-21(18,19)16-7-5-12(6-8-16)20-13-9-11(2)15(3)14(17)10-13/h9-10,12H,4-8H2,1-3H3. The highest BCUT2D eigenvalue weighted by Gasteiger charge is 2.27. The smallest absolute Gasteiger partial charge is 0.254 e. The first kappa shape index (κ1) is 16.0. The first-order valence-corrected chi connectivity index (χ1v) is 8.76. The van der Waals surface area contributed by atoms with Gasteiger partial charge in [-0.2, -0.15) is 0 Å². The molecule has 1 saturated heterocycles. The van der Waals surface area contributed by atoms with Gasteiger partial charge in [0.05, 0.1) is 5.75 Å². The monoisotopic (exact) mass is 314 g/mol. The van der Waals surface area contributed by atoms with Crippen molar-refractivity contribution in [3.63, 3.8) is 0 Å². The van der Waals surface area contributed by atoms with E-state index in [4.69, 9.17) is 4.74 Å². The number of ether oxygens (including phenoxy) is 1. The Hall–Kier alpha value is -1.34. The highest BCUT2D eigenvalue weighted by Crippen LogP contribution is 2.20. The van der Waals surface area contributed by atoms with Crippen LogP contribution < -0.4 is 10.3 Å². The van der Waals surface area contributed by atoms with E-state index in [-0.39, 0.29) is 17.4 Å². The molecule has 2 heterocycles. The van der Waals surface area contributed by atoms with E-state index in [1.807, 2.05) is 13.0 Å². The Balaban J connectivity index is 2.00. The second-order valence-corrected chi connectivity index (χ2v) is 7.60. The number of piperidine rings is 1. The molecule has 2 rings (SSSR count). The Bertz CT molecular complexity index is 658. The number of aryl methyl sites for hydroxylation is 1. The summed E-state index contributed by atoms with van der Waals surface area (Å²) in [5.41, 5.74) is 0.736. The maximum Gasteiger partial charge on any atom is 0.254 e. The summed E-state index contributed by atoms with van der Waals surface area (Å²) < 4.78 is 32.5. The van der Waals surface area contributed by atoms with Crippen LogP contribution in [0.15, 0.2) is 16.9 Å². The molecular weight excluding hydrogens is 292 g/mol. The van der Waals surface area contributed by atoms with Gasteiger partial charge in [0.2, 0.25) is 10.0 Å². The molecule has 0 N–H and O–H groups in total. The van der Waals surface area contributed by atoms with E-state index >= 15 is 0 Å². The Morgan fingerprint density at radius 3 is 2.43 bits per heavy atom. The molecule has 21 heavy (non-hydrogen) atoms. The number of pyridine rings is 1. The van der Waals surface area contributed by atoms with Crippen molar-refractivity contribution in [2.45, 2.75) is 32.8 Å². The molecule has 0 spiro atoms. The molecule has 1 aliphatic rings. The minimum absolute atomic E-state index is 0.0418. The Morgan fingerprint density at radius 2 is 1.90 bits per heavy atom. The number of sulfonamides is 1. The van der Waals surface area contributed by atoms with Crippen molar-refractivity contribution in [1.29, 1.82) is 0 Å². The summed E-state index contributed by atoms with van der Waals surface area (Å²) >= 11 is 0. The van der Waals surface area contributed by atoms with Crippen LogP contribution in [0.3, 0.4) is 0 Å². The molecule has 1 aromatic heterocycles. The van der Waals surface area contributed by atoms with E-state index in [1.165, 1.54) is 10.4 Å². The van der Waals surface area contributed by atoms with Crippen molar-refractivity contribution in [1.82, 2.24) is 8.87 Å². The molecule has 0 atom stereocenters. The van der Waals surface area contributed by atoms with Gasteiger partial charge in [0.15, 0.2) is 0 Å². The third-order valence-corrected chi connectivity index (χ3v) is 5.82. The first-order chi connectivity index (χ1) is 9.83. The van der Waals surface area contributed by atoms with Gasteiger partial charge in [-0.3, -0.25) is 4.79 Å². The molecule has 0 aliphatic carbocycles. The number of rotatable bonds is 4. The van der Waals surface area contributed by atoms with Gasteiger partial charge in [0.25, 0.3) is 5.56 Å². The van der Waals surface area contributed by atoms with Gasteiger partial charge in [-0.1, -0.05) is 0 Å². The van der Waals surface area contributed by atoms with Crippen molar-refractivity contribution in [2.24, 2.45) is 7.05 Å². The Morgan fingerprint density at radius 1 is 1.29 bits per heavy atom. The van der Waals surface area contributed by atoms with Crippen molar-refractivity contribution >= 4 is 10.0 Å². The summed E-state index contributed by atoms with van der Waals surface area (Å²) in [6, 6.07) is 3.30. The molecule has 0 radical (unpaired) electrons.